The zero-order valence-electron chi connectivity index (χ0n) is 9.90. The first kappa shape index (κ1) is 11.4. The number of ether oxygens (including phenoxy) is 2. The second kappa shape index (κ2) is 5.32. The van der Waals surface area contributed by atoms with Crippen molar-refractivity contribution in [3.8, 4) is 5.75 Å². The smallest absolute Gasteiger partial charge is 0.118 e. The van der Waals surface area contributed by atoms with E-state index < -0.39 is 0 Å². The fraction of sp³-hybridized carbons (Fsp3) is 0.538. The molecule has 3 nitrogen and oxygen atoms in total. The lowest BCUT2D eigenvalue weighted by Crippen LogP contribution is -2.20. The molecule has 0 amide bonds. The predicted octanol–water partition coefficient (Wildman–Crippen LogP) is 1.99. The van der Waals surface area contributed by atoms with Crippen molar-refractivity contribution in [3.63, 3.8) is 0 Å². The molecule has 1 aliphatic rings. The summed E-state index contributed by atoms with van der Waals surface area (Å²) < 4.78 is 10.4. The molecule has 0 radical (unpaired) electrons. The van der Waals surface area contributed by atoms with Gasteiger partial charge >= 0.3 is 0 Å². The summed E-state index contributed by atoms with van der Waals surface area (Å²) in [5.74, 6) is 1.49. The fourth-order valence-corrected chi connectivity index (χ4v) is 2.35. The van der Waals surface area contributed by atoms with Gasteiger partial charge in [0.1, 0.15) is 5.75 Å². The molecule has 1 aromatic rings. The van der Waals surface area contributed by atoms with Crippen LogP contribution in [0.15, 0.2) is 24.3 Å². The highest BCUT2D eigenvalue weighted by atomic mass is 16.5. The lowest BCUT2D eigenvalue weighted by atomic mass is 9.95. The number of methoxy groups -OCH3 is 2. The first-order valence-corrected chi connectivity index (χ1v) is 5.71. The van der Waals surface area contributed by atoms with Crippen LogP contribution in [-0.4, -0.2) is 27.4 Å². The summed E-state index contributed by atoms with van der Waals surface area (Å²) in [5.41, 5.74) is 1.32. The Bertz CT molecular complexity index is 323. The largest absolute Gasteiger partial charge is 0.497 e. The van der Waals surface area contributed by atoms with Crippen LogP contribution < -0.4 is 10.1 Å². The minimum atomic E-state index is 0.422. The second-order valence-electron chi connectivity index (χ2n) is 4.21. The maximum absolute atomic E-state index is 5.26. The van der Waals surface area contributed by atoms with E-state index in [1.54, 1.807) is 14.2 Å². The molecule has 0 aromatic heterocycles. The summed E-state index contributed by atoms with van der Waals surface area (Å²) in [6.45, 7) is 1.90. The lowest BCUT2D eigenvalue weighted by molar-refractivity contribution is 0.145. The summed E-state index contributed by atoms with van der Waals surface area (Å²) in [4.78, 5) is 0. The average Bonchev–Trinajstić information content (AvgIpc) is 2.78. The van der Waals surface area contributed by atoms with Gasteiger partial charge in [-0.2, -0.15) is 0 Å². The third kappa shape index (κ3) is 2.36. The number of benzene rings is 1. The molecule has 1 saturated heterocycles. The molecular weight excluding hydrogens is 202 g/mol. The monoisotopic (exact) mass is 221 g/mol. The van der Waals surface area contributed by atoms with E-state index in [9.17, 15) is 0 Å². The van der Waals surface area contributed by atoms with E-state index in [0.29, 0.717) is 12.0 Å². The third-order valence-corrected chi connectivity index (χ3v) is 3.21. The molecule has 1 heterocycles. The van der Waals surface area contributed by atoms with Gasteiger partial charge in [-0.15, -0.1) is 0 Å². The topological polar surface area (TPSA) is 30.5 Å². The van der Waals surface area contributed by atoms with E-state index in [2.05, 4.69) is 17.4 Å². The van der Waals surface area contributed by atoms with Gasteiger partial charge in [0.05, 0.1) is 13.7 Å². The maximum Gasteiger partial charge on any atom is 0.118 e. The standard InChI is InChI=1S/C13H19NO2/c1-15-9-11-7-8-14-13(11)10-3-5-12(16-2)6-4-10/h3-6,11,13-14H,7-9H2,1-2H3. The van der Waals surface area contributed by atoms with Crippen LogP contribution in [0.2, 0.25) is 0 Å². The molecule has 0 aliphatic carbocycles. The molecule has 0 bridgehead atoms. The van der Waals surface area contributed by atoms with Crippen molar-refractivity contribution in [3.05, 3.63) is 29.8 Å². The van der Waals surface area contributed by atoms with Crippen LogP contribution in [0.3, 0.4) is 0 Å². The molecule has 3 heteroatoms. The molecular formula is C13H19NO2. The molecule has 2 atom stereocenters. The van der Waals surface area contributed by atoms with Crippen LogP contribution in [0.5, 0.6) is 5.75 Å². The Balaban J connectivity index is 2.09. The van der Waals surface area contributed by atoms with E-state index >= 15 is 0 Å². The maximum atomic E-state index is 5.26. The van der Waals surface area contributed by atoms with E-state index in [1.807, 2.05) is 12.1 Å². The van der Waals surface area contributed by atoms with Crippen LogP contribution in [0.4, 0.5) is 0 Å². The molecule has 2 unspecified atom stereocenters. The van der Waals surface area contributed by atoms with Gasteiger partial charge in [-0.3, -0.25) is 0 Å². The highest BCUT2D eigenvalue weighted by Gasteiger charge is 2.27. The zero-order chi connectivity index (χ0) is 11.4. The van der Waals surface area contributed by atoms with Gasteiger partial charge in [-0.05, 0) is 30.7 Å². The molecule has 0 saturated carbocycles. The van der Waals surface area contributed by atoms with Crippen molar-refractivity contribution in [2.75, 3.05) is 27.4 Å². The van der Waals surface area contributed by atoms with Crippen molar-refractivity contribution in [1.82, 2.24) is 5.32 Å². The number of rotatable bonds is 4. The Morgan fingerprint density at radius 1 is 1.25 bits per heavy atom. The van der Waals surface area contributed by atoms with Gasteiger partial charge in [0.15, 0.2) is 0 Å². The van der Waals surface area contributed by atoms with Gasteiger partial charge in [0.2, 0.25) is 0 Å². The Morgan fingerprint density at radius 2 is 2.00 bits per heavy atom. The highest BCUT2D eigenvalue weighted by molar-refractivity contribution is 5.30. The van der Waals surface area contributed by atoms with Crippen LogP contribution in [0, 0.1) is 5.92 Å². The van der Waals surface area contributed by atoms with Gasteiger partial charge in [-0.25, -0.2) is 0 Å². The third-order valence-electron chi connectivity index (χ3n) is 3.21. The summed E-state index contributed by atoms with van der Waals surface area (Å²) in [6.07, 6.45) is 1.19. The summed E-state index contributed by atoms with van der Waals surface area (Å²) in [6, 6.07) is 8.71. The van der Waals surface area contributed by atoms with Gasteiger partial charge in [-0.1, -0.05) is 12.1 Å². The summed E-state index contributed by atoms with van der Waals surface area (Å²) in [7, 11) is 3.46. The van der Waals surface area contributed by atoms with Crippen molar-refractivity contribution >= 4 is 0 Å². The van der Waals surface area contributed by atoms with Crippen molar-refractivity contribution in [2.24, 2.45) is 5.92 Å². The van der Waals surface area contributed by atoms with Crippen molar-refractivity contribution in [2.45, 2.75) is 12.5 Å². The Kier molecular flexibility index (Phi) is 3.80. The number of hydrogen-bond donors (Lipinski definition) is 1. The van der Waals surface area contributed by atoms with Crippen molar-refractivity contribution in [1.29, 1.82) is 0 Å². The van der Waals surface area contributed by atoms with Crippen LogP contribution >= 0.6 is 0 Å². The zero-order valence-corrected chi connectivity index (χ0v) is 9.90. The molecule has 88 valence electrons. The molecule has 1 aliphatic heterocycles. The minimum Gasteiger partial charge on any atom is -0.497 e. The first-order chi connectivity index (χ1) is 7.85. The summed E-state index contributed by atoms with van der Waals surface area (Å²) >= 11 is 0. The predicted molar refractivity (Wildman–Crippen MR) is 63.7 cm³/mol. The molecule has 1 N–H and O–H groups in total. The van der Waals surface area contributed by atoms with Crippen LogP contribution in [0.1, 0.15) is 18.0 Å². The van der Waals surface area contributed by atoms with E-state index in [-0.39, 0.29) is 0 Å². The Labute approximate surface area is 96.8 Å². The van der Waals surface area contributed by atoms with Gasteiger partial charge in [0, 0.05) is 19.1 Å². The number of hydrogen-bond acceptors (Lipinski definition) is 3. The van der Waals surface area contributed by atoms with E-state index in [4.69, 9.17) is 9.47 Å². The van der Waals surface area contributed by atoms with Gasteiger partial charge < -0.3 is 14.8 Å². The van der Waals surface area contributed by atoms with E-state index in [1.165, 1.54) is 12.0 Å². The number of nitrogens with one attached hydrogen (secondary N) is 1. The first-order valence-electron chi connectivity index (χ1n) is 5.71. The van der Waals surface area contributed by atoms with Gasteiger partial charge in [0.25, 0.3) is 0 Å². The molecule has 2 rings (SSSR count). The molecule has 1 aromatic carbocycles. The van der Waals surface area contributed by atoms with Crippen LogP contribution in [-0.2, 0) is 4.74 Å². The SMILES string of the molecule is COCC1CCNC1c1ccc(OC)cc1. The molecule has 16 heavy (non-hydrogen) atoms. The van der Waals surface area contributed by atoms with Crippen LogP contribution in [0.25, 0.3) is 0 Å². The average molecular weight is 221 g/mol. The van der Waals surface area contributed by atoms with E-state index in [0.717, 1.165) is 18.9 Å². The van der Waals surface area contributed by atoms with Crippen molar-refractivity contribution < 1.29 is 9.47 Å². The Hall–Kier alpha value is -1.06. The highest BCUT2D eigenvalue weighted by Crippen LogP contribution is 2.30. The summed E-state index contributed by atoms with van der Waals surface area (Å²) in [5, 5.41) is 3.52. The Morgan fingerprint density at radius 3 is 2.62 bits per heavy atom. The second-order valence-corrected chi connectivity index (χ2v) is 4.21. The lowest BCUT2D eigenvalue weighted by Gasteiger charge is -2.19. The minimum absolute atomic E-state index is 0.422. The molecule has 1 fully saturated rings. The molecule has 0 spiro atoms. The normalized spacial score (nSPS) is 24.6. The fourth-order valence-electron chi connectivity index (χ4n) is 2.35. The quantitative estimate of drug-likeness (QED) is 0.843.